The molecule has 0 spiro atoms. The molecule has 0 radical (unpaired) electrons. The van der Waals surface area contributed by atoms with Crippen molar-refractivity contribution in [1.29, 1.82) is 0 Å². The van der Waals surface area contributed by atoms with Gasteiger partial charge in [0.1, 0.15) is 5.69 Å². The summed E-state index contributed by atoms with van der Waals surface area (Å²) in [5, 5.41) is 9.13. The van der Waals surface area contributed by atoms with Gasteiger partial charge in [-0.2, -0.15) is 0 Å². The molecule has 1 aromatic rings. The van der Waals surface area contributed by atoms with Crippen LogP contribution in [0.15, 0.2) is 18.3 Å². The summed E-state index contributed by atoms with van der Waals surface area (Å²) in [6, 6.07) is 2.92. The summed E-state index contributed by atoms with van der Waals surface area (Å²) < 4.78 is 0. The van der Waals surface area contributed by atoms with Crippen molar-refractivity contribution in [3.8, 4) is 0 Å². The molecule has 2 aliphatic heterocycles. The number of carbonyl (C=O) groups excluding carboxylic acids is 2. The van der Waals surface area contributed by atoms with Crippen molar-refractivity contribution >= 4 is 17.8 Å². The van der Waals surface area contributed by atoms with E-state index in [4.69, 9.17) is 5.11 Å². The highest BCUT2D eigenvalue weighted by molar-refractivity contribution is 6.03. The molecule has 1 aromatic heterocycles. The molecule has 3 rings (SSSR count). The summed E-state index contributed by atoms with van der Waals surface area (Å²) in [7, 11) is 0. The fraction of sp³-hybridized carbons (Fsp3) is 0.429. The number of carboxylic acid groups (broad SMARTS) is 1. The predicted octanol–water partition coefficient (Wildman–Crippen LogP) is 0.227. The minimum Gasteiger partial charge on any atom is -0.478 e. The van der Waals surface area contributed by atoms with E-state index in [1.807, 2.05) is 0 Å². The van der Waals surface area contributed by atoms with Crippen LogP contribution in [0.5, 0.6) is 0 Å². The van der Waals surface area contributed by atoms with Crippen LogP contribution in [0.25, 0.3) is 0 Å². The van der Waals surface area contributed by atoms with Crippen LogP contribution in [-0.2, 0) is 4.79 Å². The molecular formula is C14H15N3O4. The molecule has 1 atom stereocenters. The van der Waals surface area contributed by atoms with Gasteiger partial charge in [0.25, 0.3) is 5.91 Å². The standard InChI is InChI=1S/C14H15N3O4/c18-11-4-3-9-8-16(6-7-17(9)11)13(19)12-10(14(20)21)2-1-5-15-12/h1-2,5,9H,3-4,6-8H2,(H,20,21). The van der Waals surface area contributed by atoms with Crippen LogP contribution in [0.2, 0.25) is 0 Å². The first-order valence-electron chi connectivity index (χ1n) is 6.85. The number of amides is 2. The molecular weight excluding hydrogens is 274 g/mol. The van der Waals surface area contributed by atoms with E-state index in [0.29, 0.717) is 26.1 Å². The van der Waals surface area contributed by atoms with Crippen molar-refractivity contribution in [3.05, 3.63) is 29.6 Å². The van der Waals surface area contributed by atoms with Gasteiger partial charge in [0.15, 0.2) is 0 Å². The molecule has 0 bridgehead atoms. The average molecular weight is 289 g/mol. The van der Waals surface area contributed by atoms with Gasteiger partial charge in [0.2, 0.25) is 5.91 Å². The molecule has 21 heavy (non-hydrogen) atoms. The van der Waals surface area contributed by atoms with E-state index in [1.165, 1.54) is 18.3 Å². The van der Waals surface area contributed by atoms with Crippen molar-refractivity contribution in [2.45, 2.75) is 18.9 Å². The molecule has 2 saturated heterocycles. The van der Waals surface area contributed by atoms with Crippen LogP contribution in [0, 0.1) is 0 Å². The zero-order valence-electron chi connectivity index (χ0n) is 11.4. The van der Waals surface area contributed by atoms with Gasteiger partial charge < -0.3 is 14.9 Å². The first-order chi connectivity index (χ1) is 10.1. The maximum Gasteiger partial charge on any atom is 0.338 e. The molecule has 7 heteroatoms. The van der Waals surface area contributed by atoms with Gasteiger partial charge in [0, 0.05) is 38.3 Å². The molecule has 2 amide bonds. The number of pyridine rings is 1. The number of hydrogen-bond acceptors (Lipinski definition) is 4. The lowest BCUT2D eigenvalue weighted by molar-refractivity contribution is -0.130. The average Bonchev–Trinajstić information content (AvgIpc) is 2.87. The number of nitrogens with zero attached hydrogens (tertiary/aromatic N) is 3. The van der Waals surface area contributed by atoms with Crippen LogP contribution in [0.3, 0.4) is 0 Å². The normalized spacial score (nSPS) is 21.3. The quantitative estimate of drug-likeness (QED) is 0.841. The fourth-order valence-corrected chi connectivity index (χ4v) is 2.95. The first-order valence-corrected chi connectivity index (χ1v) is 6.85. The van der Waals surface area contributed by atoms with Crippen LogP contribution in [0.1, 0.15) is 33.7 Å². The van der Waals surface area contributed by atoms with Gasteiger partial charge in [0.05, 0.1) is 5.56 Å². The summed E-state index contributed by atoms with van der Waals surface area (Å²) in [4.78, 5) is 42.6. The Kier molecular flexibility index (Phi) is 3.32. The Morgan fingerprint density at radius 2 is 2.14 bits per heavy atom. The highest BCUT2D eigenvalue weighted by Gasteiger charge is 2.37. The van der Waals surface area contributed by atoms with Gasteiger partial charge in [-0.25, -0.2) is 4.79 Å². The van der Waals surface area contributed by atoms with Crippen molar-refractivity contribution in [2.24, 2.45) is 0 Å². The predicted molar refractivity (Wildman–Crippen MR) is 71.8 cm³/mol. The summed E-state index contributed by atoms with van der Waals surface area (Å²) in [6.45, 7) is 1.36. The van der Waals surface area contributed by atoms with Crippen molar-refractivity contribution in [2.75, 3.05) is 19.6 Å². The van der Waals surface area contributed by atoms with Crippen molar-refractivity contribution in [1.82, 2.24) is 14.8 Å². The topological polar surface area (TPSA) is 90.8 Å². The lowest BCUT2D eigenvalue weighted by atomic mass is 10.1. The third-order valence-corrected chi connectivity index (χ3v) is 4.02. The van der Waals surface area contributed by atoms with Crippen LogP contribution in [-0.4, -0.2) is 63.4 Å². The van der Waals surface area contributed by atoms with Crippen molar-refractivity contribution in [3.63, 3.8) is 0 Å². The molecule has 2 fully saturated rings. The van der Waals surface area contributed by atoms with Crippen LogP contribution < -0.4 is 0 Å². The second-order valence-electron chi connectivity index (χ2n) is 5.24. The molecule has 2 aliphatic rings. The molecule has 0 aliphatic carbocycles. The maximum atomic E-state index is 12.5. The zero-order valence-corrected chi connectivity index (χ0v) is 11.4. The highest BCUT2D eigenvalue weighted by Crippen LogP contribution is 2.23. The largest absolute Gasteiger partial charge is 0.478 e. The SMILES string of the molecule is O=C(O)c1cccnc1C(=O)N1CCN2C(=O)CCC2C1. The minimum atomic E-state index is -1.17. The van der Waals surface area contributed by atoms with E-state index in [-0.39, 0.29) is 29.1 Å². The molecule has 110 valence electrons. The van der Waals surface area contributed by atoms with Gasteiger partial charge in [-0.1, -0.05) is 0 Å². The third kappa shape index (κ3) is 2.35. The Labute approximate surface area is 121 Å². The Morgan fingerprint density at radius 1 is 1.33 bits per heavy atom. The van der Waals surface area contributed by atoms with E-state index in [0.717, 1.165) is 6.42 Å². The Morgan fingerprint density at radius 3 is 2.90 bits per heavy atom. The fourth-order valence-electron chi connectivity index (χ4n) is 2.95. The number of fused-ring (bicyclic) bond motifs is 1. The summed E-state index contributed by atoms with van der Waals surface area (Å²) in [6.07, 6.45) is 2.68. The molecule has 0 aromatic carbocycles. The summed E-state index contributed by atoms with van der Waals surface area (Å²) in [5.74, 6) is -1.41. The van der Waals surface area contributed by atoms with E-state index in [2.05, 4.69) is 4.98 Å². The number of hydrogen-bond donors (Lipinski definition) is 1. The van der Waals surface area contributed by atoms with Crippen molar-refractivity contribution < 1.29 is 19.5 Å². The number of aromatic nitrogens is 1. The van der Waals surface area contributed by atoms with E-state index in [1.54, 1.807) is 9.80 Å². The zero-order chi connectivity index (χ0) is 15.0. The number of piperazine rings is 1. The van der Waals surface area contributed by atoms with Gasteiger partial charge in [-0.15, -0.1) is 0 Å². The Hall–Kier alpha value is -2.44. The smallest absolute Gasteiger partial charge is 0.338 e. The van der Waals surface area contributed by atoms with E-state index >= 15 is 0 Å². The molecule has 1 N–H and O–H groups in total. The van der Waals surface area contributed by atoms with Crippen LogP contribution in [0.4, 0.5) is 0 Å². The molecule has 1 unspecified atom stereocenters. The lowest BCUT2D eigenvalue weighted by Crippen LogP contribution is -2.53. The molecule has 7 nitrogen and oxygen atoms in total. The lowest BCUT2D eigenvalue weighted by Gasteiger charge is -2.37. The van der Waals surface area contributed by atoms with Crippen LogP contribution >= 0.6 is 0 Å². The number of carbonyl (C=O) groups is 3. The number of carboxylic acids is 1. The summed E-state index contributed by atoms with van der Waals surface area (Å²) in [5.41, 5.74) is -0.129. The molecule has 0 saturated carbocycles. The monoisotopic (exact) mass is 289 g/mol. The summed E-state index contributed by atoms with van der Waals surface area (Å²) >= 11 is 0. The van der Waals surface area contributed by atoms with Gasteiger partial charge >= 0.3 is 5.97 Å². The second kappa shape index (κ2) is 5.16. The van der Waals surface area contributed by atoms with Gasteiger partial charge in [-0.05, 0) is 18.6 Å². The van der Waals surface area contributed by atoms with Gasteiger partial charge in [-0.3, -0.25) is 14.6 Å². The first kappa shape index (κ1) is 13.5. The van der Waals surface area contributed by atoms with E-state index < -0.39 is 5.97 Å². The highest BCUT2D eigenvalue weighted by atomic mass is 16.4. The molecule has 3 heterocycles. The second-order valence-corrected chi connectivity index (χ2v) is 5.24. The minimum absolute atomic E-state index is 0.0391. The third-order valence-electron chi connectivity index (χ3n) is 4.02. The number of aromatic carboxylic acids is 1. The Balaban J connectivity index is 1.81. The van der Waals surface area contributed by atoms with E-state index in [9.17, 15) is 14.4 Å². The Bertz CT molecular complexity index is 616. The maximum absolute atomic E-state index is 12.5. The number of rotatable bonds is 2.